The van der Waals surface area contributed by atoms with Gasteiger partial charge in [-0.15, -0.1) is 0 Å². The van der Waals surface area contributed by atoms with Gasteiger partial charge in [0, 0.05) is 6.42 Å². The Balaban J connectivity index is 3.84. The molecule has 0 saturated carbocycles. The molecule has 66 valence electrons. The maximum Gasteiger partial charge on any atom is 0.303 e. The highest BCUT2D eigenvalue weighted by molar-refractivity contribution is 5.67. The van der Waals surface area contributed by atoms with Crippen molar-refractivity contribution in [2.24, 2.45) is 17.6 Å². The summed E-state index contributed by atoms with van der Waals surface area (Å²) in [4.78, 5) is 10.3. The van der Waals surface area contributed by atoms with Gasteiger partial charge in [-0.3, -0.25) is 4.79 Å². The number of carboxylic acid groups (broad SMARTS) is 1. The lowest BCUT2D eigenvalue weighted by Gasteiger charge is -2.18. The Morgan fingerprint density at radius 3 is 2.45 bits per heavy atom. The molecule has 3 heteroatoms. The lowest BCUT2D eigenvalue weighted by atomic mass is 9.89. The first-order valence-corrected chi connectivity index (χ1v) is 4.03. The van der Waals surface area contributed by atoms with E-state index < -0.39 is 5.97 Å². The number of hydrogen-bond donors (Lipinski definition) is 2. The van der Waals surface area contributed by atoms with Gasteiger partial charge in [-0.05, 0) is 18.4 Å². The standard InChI is InChI=1S/C8H17NO2/c1-3-6(2)7(5-9)4-8(10)11/h6-7H,3-5,9H2,1-2H3,(H,10,11)/t6?,7-/m0/s1. The van der Waals surface area contributed by atoms with Gasteiger partial charge in [0.15, 0.2) is 0 Å². The summed E-state index contributed by atoms with van der Waals surface area (Å²) < 4.78 is 0. The van der Waals surface area contributed by atoms with Crippen LogP contribution in [0.25, 0.3) is 0 Å². The van der Waals surface area contributed by atoms with E-state index in [1.54, 1.807) is 0 Å². The van der Waals surface area contributed by atoms with Crippen LogP contribution in [-0.2, 0) is 4.79 Å². The minimum Gasteiger partial charge on any atom is -0.481 e. The first kappa shape index (κ1) is 10.4. The minimum atomic E-state index is -0.749. The Bertz CT molecular complexity index is 125. The first-order chi connectivity index (χ1) is 5.11. The van der Waals surface area contributed by atoms with E-state index in [9.17, 15) is 4.79 Å². The molecular formula is C8H17NO2. The van der Waals surface area contributed by atoms with Crippen molar-refractivity contribution in [2.45, 2.75) is 26.7 Å². The average molecular weight is 159 g/mol. The highest BCUT2D eigenvalue weighted by atomic mass is 16.4. The quantitative estimate of drug-likeness (QED) is 0.631. The summed E-state index contributed by atoms with van der Waals surface area (Å²) in [7, 11) is 0. The van der Waals surface area contributed by atoms with E-state index in [1.807, 2.05) is 6.92 Å². The van der Waals surface area contributed by atoms with Gasteiger partial charge in [0.2, 0.25) is 0 Å². The zero-order valence-corrected chi connectivity index (χ0v) is 7.21. The largest absolute Gasteiger partial charge is 0.481 e. The summed E-state index contributed by atoms with van der Waals surface area (Å²) in [5, 5.41) is 8.50. The fourth-order valence-corrected chi connectivity index (χ4v) is 1.07. The van der Waals surface area contributed by atoms with E-state index in [0.29, 0.717) is 12.5 Å². The van der Waals surface area contributed by atoms with Crippen molar-refractivity contribution in [3.8, 4) is 0 Å². The third kappa shape index (κ3) is 3.98. The van der Waals surface area contributed by atoms with E-state index in [-0.39, 0.29) is 12.3 Å². The van der Waals surface area contributed by atoms with Crippen LogP contribution >= 0.6 is 0 Å². The van der Waals surface area contributed by atoms with Crippen molar-refractivity contribution in [3.05, 3.63) is 0 Å². The van der Waals surface area contributed by atoms with Crippen molar-refractivity contribution >= 4 is 5.97 Å². The number of nitrogens with two attached hydrogens (primary N) is 1. The van der Waals surface area contributed by atoms with Crippen LogP contribution in [0.2, 0.25) is 0 Å². The second-order valence-electron chi connectivity index (χ2n) is 2.98. The summed E-state index contributed by atoms with van der Waals surface area (Å²) in [5.41, 5.74) is 5.43. The van der Waals surface area contributed by atoms with Crippen LogP contribution in [0.15, 0.2) is 0 Å². The molecule has 0 aliphatic heterocycles. The van der Waals surface area contributed by atoms with E-state index in [0.717, 1.165) is 6.42 Å². The molecule has 0 aromatic rings. The number of hydrogen-bond acceptors (Lipinski definition) is 2. The molecule has 0 aromatic heterocycles. The topological polar surface area (TPSA) is 63.3 Å². The highest BCUT2D eigenvalue weighted by Gasteiger charge is 2.16. The number of carbonyl (C=O) groups is 1. The molecule has 0 aromatic carbocycles. The maximum atomic E-state index is 10.3. The normalized spacial score (nSPS) is 15.9. The van der Waals surface area contributed by atoms with Crippen LogP contribution in [0.3, 0.4) is 0 Å². The van der Waals surface area contributed by atoms with Gasteiger partial charge in [0.1, 0.15) is 0 Å². The predicted octanol–water partition coefficient (Wildman–Crippen LogP) is 1.08. The van der Waals surface area contributed by atoms with Crippen molar-refractivity contribution < 1.29 is 9.90 Å². The summed E-state index contributed by atoms with van der Waals surface area (Å²) in [5.74, 6) is -0.200. The predicted molar refractivity (Wildman–Crippen MR) is 44.3 cm³/mol. The van der Waals surface area contributed by atoms with Crippen molar-refractivity contribution in [1.82, 2.24) is 0 Å². The summed E-state index contributed by atoms with van der Waals surface area (Å²) in [6.07, 6.45) is 1.20. The van der Waals surface area contributed by atoms with E-state index >= 15 is 0 Å². The van der Waals surface area contributed by atoms with E-state index in [1.165, 1.54) is 0 Å². The van der Waals surface area contributed by atoms with Crippen LogP contribution in [0, 0.1) is 11.8 Å². The second-order valence-corrected chi connectivity index (χ2v) is 2.98. The molecule has 0 heterocycles. The summed E-state index contributed by atoms with van der Waals surface area (Å²) >= 11 is 0. The van der Waals surface area contributed by atoms with Crippen molar-refractivity contribution in [1.29, 1.82) is 0 Å². The lowest BCUT2D eigenvalue weighted by Crippen LogP contribution is -2.24. The number of aliphatic carboxylic acids is 1. The van der Waals surface area contributed by atoms with Crippen LogP contribution in [0.4, 0.5) is 0 Å². The van der Waals surface area contributed by atoms with Crippen molar-refractivity contribution in [3.63, 3.8) is 0 Å². The molecular weight excluding hydrogens is 142 g/mol. The van der Waals surface area contributed by atoms with Crippen LogP contribution in [0.5, 0.6) is 0 Å². The van der Waals surface area contributed by atoms with Gasteiger partial charge < -0.3 is 10.8 Å². The van der Waals surface area contributed by atoms with Gasteiger partial charge in [-0.2, -0.15) is 0 Å². The molecule has 3 N–H and O–H groups in total. The van der Waals surface area contributed by atoms with Crippen LogP contribution < -0.4 is 5.73 Å². The lowest BCUT2D eigenvalue weighted by molar-refractivity contribution is -0.138. The zero-order valence-electron chi connectivity index (χ0n) is 7.21. The van der Waals surface area contributed by atoms with Gasteiger partial charge >= 0.3 is 5.97 Å². The van der Waals surface area contributed by atoms with Gasteiger partial charge in [-0.25, -0.2) is 0 Å². The summed E-state index contributed by atoms with van der Waals surface area (Å²) in [6, 6.07) is 0. The molecule has 0 bridgehead atoms. The Morgan fingerprint density at radius 1 is 1.64 bits per heavy atom. The Morgan fingerprint density at radius 2 is 2.18 bits per heavy atom. The molecule has 0 saturated heterocycles. The molecule has 0 rings (SSSR count). The molecule has 0 aliphatic rings. The van der Waals surface area contributed by atoms with Gasteiger partial charge in [-0.1, -0.05) is 20.3 Å². The second kappa shape index (κ2) is 5.13. The molecule has 0 aliphatic carbocycles. The molecule has 3 nitrogen and oxygen atoms in total. The molecule has 11 heavy (non-hydrogen) atoms. The number of carboxylic acids is 1. The van der Waals surface area contributed by atoms with E-state index in [2.05, 4.69) is 6.92 Å². The number of rotatable bonds is 5. The molecule has 2 atom stereocenters. The Labute approximate surface area is 67.6 Å². The smallest absolute Gasteiger partial charge is 0.303 e. The van der Waals surface area contributed by atoms with Crippen molar-refractivity contribution in [2.75, 3.05) is 6.54 Å². The fraction of sp³-hybridized carbons (Fsp3) is 0.875. The molecule has 1 unspecified atom stereocenters. The van der Waals surface area contributed by atoms with Gasteiger partial charge in [0.05, 0.1) is 0 Å². The van der Waals surface area contributed by atoms with E-state index in [4.69, 9.17) is 10.8 Å². The molecule has 0 fully saturated rings. The molecule has 0 radical (unpaired) electrons. The minimum absolute atomic E-state index is 0.137. The molecule has 0 spiro atoms. The Hall–Kier alpha value is -0.570. The monoisotopic (exact) mass is 159 g/mol. The van der Waals surface area contributed by atoms with Crippen LogP contribution in [-0.4, -0.2) is 17.6 Å². The van der Waals surface area contributed by atoms with Gasteiger partial charge in [0.25, 0.3) is 0 Å². The summed E-state index contributed by atoms with van der Waals surface area (Å²) in [6.45, 7) is 4.57. The maximum absolute atomic E-state index is 10.3. The SMILES string of the molecule is CCC(C)[C@H](CN)CC(=O)O. The fourth-order valence-electron chi connectivity index (χ4n) is 1.07. The van der Waals surface area contributed by atoms with Crippen LogP contribution in [0.1, 0.15) is 26.7 Å². The highest BCUT2D eigenvalue weighted by Crippen LogP contribution is 2.17. The molecule has 0 amide bonds. The Kier molecular flexibility index (Phi) is 4.86. The first-order valence-electron chi connectivity index (χ1n) is 4.03. The third-order valence-corrected chi connectivity index (χ3v) is 2.19. The average Bonchev–Trinajstić information content (AvgIpc) is 1.98. The third-order valence-electron chi connectivity index (χ3n) is 2.19. The zero-order chi connectivity index (χ0) is 8.85.